The first-order chi connectivity index (χ1) is 12.8. The Morgan fingerprint density at radius 2 is 1.67 bits per heavy atom. The normalized spacial score (nSPS) is 15.6. The molecule has 0 spiro atoms. The molecule has 2 aromatic rings. The quantitative estimate of drug-likeness (QED) is 0.468. The van der Waals surface area contributed by atoms with Gasteiger partial charge in [-0.05, 0) is 63.8 Å². The highest BCUT2D eigenvalue weighted by molar-refractivity contribution is 5.89. The van der Waals surface area contributed by atoms with Gasteiger partial charge < -0.3 is 4.74 Å². The van der Waals surface area contributed by atoms with Crippen LogP contribution >= 0.6 is 0 Å². The van der Waals surface area contributed by atoms with E-state index in [1.807, 2.05) is 12.1 Å². The van der Waals surface area contributed by atoms with Gasteiger partial charge in [0.25, 0.3) is 0 Å². The van der Waals surface area contributed by atoms with Crippen molar-refractivity contribution in [2.45, 2.75) is 39.5 Å². The molecule has 2 aromatic carbocycles. The molecule has 0 saturated carbocycles. The molecule has 0 heterocycles. The number of hydrogen-bond acceptors (Lipinski definition) is 2. The number of allylic oxidation sites excluding steroid dienone is 2. The maximum atomic E-state index is 11.5. The number of methoxy groups -OCH3 is 1. The number of rotatable bonds is 4. The van der Waals surface area contributed by atoms with E-state index >= 15 is 0 Å². The summed E-state index contributed by atoms with van der Waals surface area (Å²) in [4.78, 5) is 11.5. The Bertz CT molecular complexity index is 896. The van der Waals surface area contributed by atoms with Gasteiger partial charge in [0.15, 0.2) is 0 Å². The maximum Gasteiger partial charge on any atom is 0.337 e. The van der Waals surface area contributed by atoms with Crippen LogP contribution in [0.5, 0.6) is 0 Å². The first-order valence-electron chi connectivity index (χ1n) is 9.53. The second kappa shape index (κ2) is 7.56. The minimum Gasteiger partial charge on any atom is -0.465 e. The van der Waals surface area contributed by atoms with E-state index in [0.29, 0.717) is 11.5 Å². The van der Waals surface area contributed by atoms with Crippen LogP contribution in [0.4, 0.5) is 0 Å². The van der Waals surface area contributed by atoms with Crippen LogP contribution < -0.4 is 0 Å². The minimum atomic E-state index is -0.309. The number of ether oxygens (including phenoxy) is 1. The Hall–Kier alpha value is -2.61. The number of carbonyl (C=O) groups is 1. The van der Waals surface area contributed by atoms with Crippen LogP contribution in [0.25, 0.3) is 17.7 Å². The van der Waals surface area contributed by atoms with Gasteiger partial charge in [-0.2, -0.15) is 0 Å². The predicted molar refractivity (Wildman–Crippen MR) is 114 cm³/mol. The van der Waals surface area contributed by atoms with Crippen molar-refractivity contribution in [3.05, 3.63) is 76.4 Å². The molecule has 0 amide bonds. The Balaban J connectivity index is 1.89. The molecule has 0 fully saturated rings. The van der Waals surface area contributed by atoms with Crippen LogP contribution in [0.2, 0.25) is 0 Å². The van der Waals surface area contributed by atoms with Crippen LogP contribution in [-0.4, -0.2) is 13.1 Å². The van der Waals surface area contributed by atoms with Gasteiger partial charge in [-0.1, -0.05) is 70.2 Å². The van der Waals surface area contributed by atoms with Gasteiger partial charge in [-0.25, -0.2) is 4.79 Å². The van der Waals surface area contributed by atoms with Crippen molar-refractivity contribution < 1.29 is 9.53 Å². The van der Waals surface area contributed by atoms with Crippen LogP contribution in [0.15, 0.2) is 48.5 Å². The van der Waals surface area contributed by atoms with E-state index < -0.39 is 0 Å². The van der Waals surface area contributed by atoms with E-state index in [1.165, 1.54) is 29.4 Å². The summed E-state index contributed by atoms with van der Waals surface area (Å²) in [6.45, 7) is 9.16. The van der Waals surface area contributed by atoms with E-state index in [-0.39, 0.29) is 11.4 Å². The summed E-state index contributed by atoms with van der Waals surface area (Å²) in [5.41, 5.74) is 7.26. The molecule has 0 saturated heterocycles. The standard InChI is InChI=1S/C25H28O2/c1-17(2)21-14-15-25(3,4)23-13-10-19(16-22(21)23)7-6-18-8-11-20(12-9-18)24(26)27-5/h6-14,16-17H,15H2,1-5H3. The lowest BCUT2D eigenvalue weighted by molar-refractivity contribution is 0.0600. The summed E-state index contributed by atoms with van der Waals surface area (Å²) in [6, 6.07) is 14.2. The molecule has 0 N–H and O–H groups in total. The third kappa shape index (κ3) is 4.05. The number of hydrogen-bond donors (Lipinski definition) is 0. The van der Waals surface area contributed by atoms with Gasteiger partial charge in [-0.15, -0.1) is 0 Å². The van der Waals surface area contributed by atoms with Crippen LogP contribution in [-0.2, 0) is 10.2 Å². The molecule has 140 valence electrons. The first kappa shape index (κ1) is 19.2. The molecule has 0 atom stereocenters. The molecule has 2 heteroatoms. The molecule has 0 aliphatic heterocycles. The van der Waals surface area contributed by atoms with Crippen molar-refractivity contribution in [1.29, 1.82) is 0 Å². The van der Waals surface area contributed by atoms with Gasteiger partial charge in [0.1, 0.15) is 0 Å². The first-order valence-corrected chi connectivity index (χ1v) is 9.53. The molecule has 27 heavy (non-hydrogen) atoms. The number of carbonyl (C=O) groups excluding carboxylic acids is 1. The fourth-order valence-corrected chi connectivity index (χ4v) is 3.67. The van der Waals surface area contributed by atoms with Gasteiger partial charge in [0.2, 0.25) is 0 Å². The van der Waals surface area contributed by atoms with E-state index in [4.69, 9.17) is 4.74 Å². The monoisotopic (exact) mass is 360 g/mol. The zero-order chi connectivity index (χ0) is 19.6. The molecule has 1 aliphatic rings. The van der Waals surface area contributed by atoms with Gasteiger partial charge >= 0.3 is 5.97 Å². The van der Waals surface area contributed by atoms with Gasteiger partial charge in [0, 0.05) is 0 Å². The smallest absolute Gasteiger partial charge is 0.337 e. The average molecular weight is 360 g/mol. The molecular formula is C25H28O2. The van der Waals surface area contributed by atoms with Crippen molar-refractivity contribution in [1.82, 2.24) is 0 Å². The van der Waals surface area contributed by atoms with E-state index in [9.17, 15) is 4.79 Å². The largest absolute Gasteiger partial charge is 0.465 e. The zero-order valence-electron chi connectivity index (χ0n) is 16.9. The third-order valence-corrected chi connectivity index (χ3v) is 5.34. The Kier molecular flexibility index (Phi) is 5.36. The topological polar surface area (TPSA) is 26.3 Å². The molecule has 1 aliphatic carbocycles. The SMILES string of the molecule is COC(=O)c1ccc(C=Cc2ccc3c(c2)C(C(C)C)=CCC3(C)C)cc1. The maximum absolute atomic E-state index is 11.5. The van der Waals surface area contributed by atoms with Crippen molar-refractivity contribution in [2.75, 3.05) is 7.11 Å². The second-order valence-corrected chi connectivity index (χ2v) is 8.15. The number of esters is 1. The van der Waals surface area contributed by atoms with Crippen molar-refractivity contribution in [3.63, 3.8) is 0 Å². The molecule has 0 bridgehead atoms. The molecular weight excluding hydrogens is 332 g/mol. The number of fused-ring (bicyclic) bond motifs is 1. The van der Waals surface area contributed by atoms with Crippen molar-refractivity contribution >= 4 is 23.7 Å². The summed E-state index contributed by atoms with van der Waals surface area (Å²) in [5, 5.41) is 0. The summed E-state index contributed by atoms with van der Waals surface area (Å²) >= 11 is 0. The fraction of sp³-hybridized carbons (Fsp3) is 0.320. The molecule has 3 rings (SSSR count). The van der Waals surface area contributed by atoms with E-state index in [0.717, 1.165) is 12.0 Å². The summed E-state index contributed by atoms with van der Waals surface area (Å²) in [5.74, 6) is 0.209. The molecule has 0 unspecified atom stereocenters. The Labute approximate surface area is 162 Å². The average Bonchev–Trinajstić information content (AvgIpc) is 2.65. The van der Waals surface area contributed by atoms with Crippen LogP contribution in [0.3, 0.4) is 0 Å². The van der Waals surface area contributed by atoms with E-state index in [1.54, 1.807) is 12.1 Å². The summed E-state index contributed by atoms with van der Waals surface area (Å²) in [6.07, 6.45) is 7.71. The summed E-state index contributed by atoms with van der Waals surface area (Å²) in [7, 11) is 1.40. The van der Waals surface area contributed by atoms with Crippen molar-refractivity contribution in [3.8, 4) is 0 Å². The zero-order valence-corrected chi connectivity index (χ0v) is 16.9. The van der Waals surface area contributed by atoms with Gasteiger partial charge in [0.05, 0.1) is 12.7 Å². The molecule has 0 aromatic heterocycles. The summed E-state index contributed by atoms with van der Waals surface area (Å²) < 4.78 is 4.74. The van der Waals surface area contributed by atoms with E-state index in [2.05, 4.69) is 64.1 Å². The highest BCUT2D eigenvalue weighted by atomic mass is 16.5. The highest BCUT2D eigenvalue weighted by Crippen LogP contribution is 2.41. The van der Waals surface area contributed by atoms with Crippen LogP contribution in [0.1, 0.15) is 66.7 Å². The lowest BCUT2D eigenvalue weighted by atomic mass is 9.71. The predicted octanol–water partition coefficient (Wildman–Crippen LogP) is 6.36. The molecule has 2 nitrogen and oxygen atoms in total. The number of benzene rings is 2. The lowest BCUT2D eigenvalue weighted by Crippen LogP contribution is -2.22. The Morgan fingerprint density at radius 1 is 1.04 bits per heavy atom. The fourth-order valence-electron chi connectivity index (χ4n) is 3.67. The van der Waals surface area contributed by atoms with Crippen molar-refractivity contribution in [2.24, 2.45) is 5.92 Å². The lowest BCUT2D eigenvalue weighted by Gasteiger charge is -2.33. The third-order valence-electron chi connectivity index (χ3n) is 5.34. The molecule has 0 radical (unpaired) electrons. The van der Waals surface area contributed by atoms with Gasteiger partial charge in [-0.3, -0.25) is 0 Å². The highest BCUT2D eigenvalue weighted by Gasteiger charge is 2.28. The Morgan fingerprint density at radius 3 is 2.30 bits per heavy atom. The second-order valence-electron chi connectivity index (χ2n) is 8.15. The van der Waals surface area contributed by atoms with Crippen LogP contribution in [0, 0.1) is 5.92 Å². The minimum absolute atomic E-state index is 0.180.